The maximum absolute atomic E-state index is 13.0. The zero-order valence-electron chi connectivity index (χ0n) is 14.2. The molecule has 1 fully saturated rings. The SMILES string of the molecule is Cc1nn(C)c2sc(C(=O)N3CCC[C@H](n4ccnc4C)C3)cc12. The number of fused-ring (bicyclic) bond motifs is 1. The summed E-state index contributed by atoms with van der Waals surface area (Å²) in [6.07, 6.45) is 5.97. The third-order valence-corrected chi connectivity index (χ3v) is 6.04. The molecule has 1 atom stereocenters. The molecule has 0 spiro atoms. The van der Waals surface area contributed by atoms with Crippen LogP contribution < -0.4 is 0 Å². The summed E-state index contributed by atoms with van der Waals surface area (Å²) in [7, 11) is 1.93. The fourth-order valence-electron chi connectivity index (χ4n) is 3.61. The minimum atomic E-state index is 0.137. The lowest BCUT2D eigenvalue weighted by molar-refractivity contribution is 0.0683. The standard InChI is InChI=1S/C17H21N5OS/c1-11-14-9-15(24-17(14)20(3)19-11)16(23)21-7-4-5-13(10-21)22-8-6-18-12(22)2/h6,8-9,13H,4-5,7,10H2,1-3H3/t13-/m0/s1. The largest absolute Gasteiger partial charge is 0.336 e. The lowest BCUT2D eigenvalue weighted by Crippen LogP contribution is -2.40. The molecule has 0 aliphatic carbocycles. The van der Waals surface area contributed by atoms with Gasteiger partial charge in [-0.25, -0.2) is 4.98 Å². The first kappa shape index (κ1) is 15.4. The highest BCUT2D eigenvalue weighted by Crippen LogP contribution is 2.30. The number of thiophene rings is 1. The van der Waals surface area contributed by atoms with E-state index in [-0.39, 0.29) is 5.91 Å². The zero-order valence-corrected chi connectivity index (χ0v) is 15.0. The van der Waals surface area contributed by atoms with E-state index in [1.807, 2.05) is 48.9 Å². The summed E-state index contributed by atoms with van der Waals surface area (Å²) in [4.78, 5) is 21.1. The maximum Gasteiger partial charge on any atom is 0.264 e. The van der Waals surface area contributed by atoms with Crippen molar-refractivity contribution in [2.45, 2.75) is 32.7 Å². The summed E-state index contributed by atoms with van der Waals surface area (Å²) in [5.74, 6) is 1.15. The number of rotatable bonds is 2. The van der Waals surface area contributed by atoms with E-state index in [9.17, 15) is 4.79 Å². The van der Waals surface area contributed by atoms with Crippen LogP contribution in [-0.2, 0) is 7.05 Å². The van der Waals surface area contributed by atoms with Crippen LogP contribution in [-0.4, -0.2) is 43.2 Å². The molecular weight excluding hydrogens is 322 g/mol. The van der Waals surface area contributed by atoms with Crippen molar-refractivity contribution in [1.82, 2.24) is 24.2 Å². The minimum Gasteiger partial charge on any atom is -0.336 e. The van der Waals surface area contributed by atoms with E-state index < -0.39 is 0 Å². The molecule has 0 saturated carbocycles. The molecule has 0 aromatic carbocycles. The van der Waals surface area contributed by atoms with Crippen LogP contribution in [0.15, 0.2) is 18.5 Å². The van der Waals surface area contributed by atoms with Gasteiger partial charge in [0.1, 0.15) is 10.7 Å². The summed E-state index contributed by atoms with van der Waals surface area (Å²) >= 11 is 1.54. The van der Waals surface area contributed by atoms with E-state index >= 15 is 0 Å². The molecule has 0 unspecified atom stereocenters. The number of imidazole rings is 1. The third kappa shape index (κ3) is 2.43. The van der Waals surface area contributed by atoms with Crippen molar-refractivity contribution in [3.05, 3.63) is 34.9 Å². The summed E-state index contributed by atoms with van der Waals surface area (Å²) in [6.45, 7) is 5.58. The molecule has 0 N–H and O–H groups in total. The van der Waals surface area contributed by atoms with Crippen molar-refractivity contribution in [3.63, 3.8) is 0 Å². The lowest BCUT2D eigenvalue weighted by Gasteiger charge is -2.33. The van der Waals surface area contributed by atoms with Crippen LogP contribution in [0, 0.1) is 13.8 Å². The first-order valence-corrected chi connectivity index (χ1v) is 9.08. The molecule has 1 saturated heterocycles. The van der Waals surface area contributed by atoms with Crippen molar-refractivity contribution in [2.24, 2.45) is 7.05 Å². The van der Waals surface area contributed by atoms with Gasteiger partial charge in [-0.2, -0.15) is 5.10 Å². The summed E-state index contributed by atoms with van der Waals surface area (Å²) in [5, 5.41) is 5.50. The van der Waals surface area contributed by atoms with Crippen LogP contribution in [0.1, 0.15) is 40.1 Å². The van der Waals surface area contributed by atoms with Gasteiger partial charge in [0.15, 0.2) is 0 Å². The highest BCUT2D eigenvalue weighted by atomic mass is 32.1. The number of carbonyl (C=O) groups excluding carboxylic acids is 1. The van der Waals surface area contributed by atoms with E-state index in [0.29, 0.717) is 6.04 Å². The van der Waals surface area contributed by atoms with Gasteiger partial charge in [-0.1, -0.05) is 0 Å². The van der Waals surface area contributed by atoms with Gasteiger partial charge < -0.3 is 9.47 Å². The molecule has 3 aromatic heterocycles. The first-order chi connectivity index (χ1) is 11.5. The molecule has 126 valence electrons. The summed E-state index contributed by atoms with van der Waals surface area (Å²) in [5.41, 5.74) is 0.980. The highest BCUT2D eigenvalue weighted by molar-refractivity contribution is 7.20. The number of hydrogen-bond acceptors (Lipinski definition) is 4. The van der Waals surface area contributed by atoms with Gasteiger partial charge in [0.05, 0.1) is 16.6 Å². The Morgan fingerprint density at radius 3 is 2.92 bits per heavy atom. The van der Waals surface area contributed by atoms with E-state index in [1.165, 1.54) is 11.3 Å². The fraction of sp³-hybridized carbons (Fsp3) is 0.471. The number of aryl methyl sites for hydroxylation is 3. The Hall–Kier alpha value is -2.15. The Labute approximate surface area is 144 Å². The molecule has 0 radical (unpaired) electrons. The predicted octanol–water partition coefficient (Wildman–Crippen LogP) is 2.93. The zero-order chi connectivity index (χ0) is 16.8. The number of amides is 1. The molecular formula is C17H21N5OS. The van der Waals surface area contributed by atoms with Crippen LogP contribution >= 0.6 is 11.3 Å². The minimum absolute atomic E-state index is 0.137. The van der Waals surface area contributed by atoms with Crippen molar-refractivity contribution in [2.75, 3.05) is 13.1 Å². The Morgan fingerprint density at radius 1 is 1.38 bits per heavy atom. The van der Waals surface area contributed by atoms with Crippen LogP contribution in [0.3, 0.4) is 0 Å². The van der Waals surface area contributed by atoms with Crippen LogP contribution in [0.5, 0.6) is 0 Å². The number of aromatic nitrogens is 4. The average Bonchev–Trinajstić information content (AvgIpc) is 3.25. The van der Waals surface area contributed by atoms with Crippen LogP contribution in [0.4, 0.5) is 0 Å². The lowest BCUT2D eigenvalue weighted by atomic mass is 10.1. The van der Waals surface area contributed by atoms with Crippen molar-refractivity contribution >= 4 is 27.5 Å². The van der Waals surface area contributed by atoms with Crippen LogP contribution in [0.25, 0.3) is 10.2 Å². The third-order valence-electron chi connectivity index (χ3n) is 4.85. The molecule has 6 nitrogen and oxygen atoms in total. The Morgan fingerprint density at radius 2 is 2.21 bits per heavy atom. The van der Waals surface area contributed by atoms with Gasteiger partial charge in [-0.05, 0) is 32.8 Å². The fourth-order valence-corrected chi connectivity index (χ4v) is 4.70. The number of piperidine rings is 1. The number of hydrogen-bond donors (Lipinski definition) is 0. The van der Waals surface area contributed by atoms with Gasteiger partial charge in [0, 0.05) is 37.9 Å². The smallest absolute Gasteiger partial charge is 0.264 e. The van der Waals surface area contributed by atoms with Crippen molar-refractivity contribution < 1.29 is 4.79 Å². The molecule has 4 rings (SSSR count). The second-order valence-electron chi connectivity index (χ2n) is 6.47. The molecule has 3 aromatic rings. The Bertz CT molecular complexity index is 871. The quantitative estimate of drug-likeness (QED) is 0.719. The van der Waals surface area contributed by atoms with Gasteiger partial charge in [0.2, 0.25) is 0 Å². The van der Waals surface area contributed by atoms with Gasteiger partial charge in [-0.3, -0.25) is 9.48 Å². The number of nitrogens with zero attached hydrogens (tertiary/aromatic N) is 5. The topological polar surface area (TPSA) is 56.0 Å². The Balaban J connectivity index is 1.59. The average molecular weight is 343 g/mol. The monoisotopic (exact) mass is 343 g/mol. The second kappa shape index (κ2) is 5.73. The molecule has 1 amide bonds. The second-order valence-corrected chi connectivity index (χ2v) is 7.50. The van der Waals surface area contributed by atoms with Gasteiger partial charge in [-0.15, -0.1) is 11.3 Å². The number of carbonyl (C=O) groups is 1. The van der Waals surface area contributed by atoms with Crippen molar-refractivity contribution in [3.8, 4) is 0 Å². The summed E-state index contributed by atoms with van der Waals surface area (Å²) in [6, 6.07) is 2.32. The van der Waals surface area contributed by atoms with Crippen LogP contribution in [0.2, 0.25) is 0 Å². The maximum atomic E-state index is 13.0. The van der Waals surface area contributed by atoms with Gasteiger partial charge >= 0.3 is 0 Å². The van der Waals surface area contributed by atoms with E-state index in [2.05, 4.69) is 14.6 Å². The van der Waals surface area contributed by atoms with Crippen molar-refractivity contribution in [1.29, 1.82) is 0 Å². The Kier molecular flexibility index (Phi) is 3.68. The van der Waals surface area contributed by atoms with E-state index in [1.54, 1.807) is 0 Å². The molecule has 1 aliphatic heterocycles. The molecule has 7 heteroatoms. The first-order valence-electron chi connectivity index (χ1n) is 8.26. The predicted molar refractivity (Wildman–Crippen MR) is 94.5 cm³/mol. The molecule has 4 heterocycles. The molecule has 24 heavy (non-hydrogen) atoms. The van der Waals surface area contributed by atoms with Gasteiger partial charge in [0.25, 0.3) is 5.91 Å². The normalized spacial score (nSPS) is 18.5. The number of likely N-dealkylation sites (tertiary alicyclic amines) is 1. The molecule has 0 bridgehead atoms. The summed E-state index contributed by atoms with van der Waals surface area (Å²) < 4.78 is 4.05. The highest BCUT2D eigenvalue weighted by Gasteiger charge is 2.27. The van der Waals surface area contributed by atoms with E-state index in [4.69, 9.17) is 0 Å². The molecule has 1 aliphatic rings. The van der Waals surface area contributed by atoms with E-state index in [0.717, 1.165) is 52.5 Å².